The van der Waals surface area contributed by atoms with Crippen LogP contribution in [0.25, 0.3) is 11.0 Å². The van der Waals surface area contributed by atoms with Gasteiger partial charge in [-0.1, -0.05) is 13.8 Å². The van der Waals surface area contributed by atoms with Crippen molar-refractivity contribution < 1.29 is 8.78 Å². The van der Waals surface area contributed by atoms with Crippen LogP contribution in [-0.2, 0) is 7.05 Å². The van der Waals surface area contributed by atoms with E-state index in [0.717, 1.165) is 11.8 Å². The van der Waals surface area contributed by atoms with Crippen LogP contribution in [0.3, 0.4) is 0 Å². The van der Waals surface area contributed by atoms with Crippen LogP contribution in [-0.4, -0.2) is 9.55 Å². The highest BCUT2D eigenvalue weighted by Gasteiger charge is 2.17. The van der Waals surface area contributed by atoms with Crippen LogP contribution >= 0.6 is 0 Å². The van der Waals surface area contributed by atoms with Crippen molar-refractivity contribution in [2.45, 2.75) is 19.8 Å². The fourth-order valence-electron chi connectivity index (χ4n) is 1.75. The van der Waals surface area contributed by atoms with Crippen molar-refractivity contribution in [1.29, 1.82) is 0 Å². The molecule has 0 aliphatic rings. The lowest BCUT2D eigenvalue weighted by atomic mass is 10.0. The summed E-state index contributed by atoms with van der Waals surface area (Å²) in [7, 11) is 1.78. The normalized spacial score (nSPS) is 11.6. The van der Waals surface area contributed by atoms with Gasteiger partial charge in [0.15, 0.2) is 11.6 Å². The Balaban J connectivity index is 2.89. The Hall–Kier alpha value is -1.45. The van der Waals surface area contributed by atoms with Gasteiger partial charge in [0, 0.05) is 13.2 Å². The Morgan fingerprint density at radius 2 is 2.00 bits per heavy atom. The van der Waals surface area contributed by atoms with Gasteiger partial charge in [-0.25, -0.2) is 13.8 Å². The molecule has 15 heavy (non-hydrogen) atoms. The average molecular weight is 210 g/mol. The van der Waals surface area contributed by atoms with Gasteiger partial charge >= 0.3 is 0 Å². The number of hydrogen-bond acceptors (Lipinski definition) is 1. The van der Waals surface area contributed by atoms with Crippen LogP contribution in [0.5, 0.6) is 0 Å². The third kappa shape index (κ3) is 1.40. The van der Waals surface area contributed by atoms with Gasteiger partial charge < -0.3 is 4.57 Å². The summed E-state index contributed by atoms with van der Waals surface area (Å²) in [4.78, 5) is 3.89. The first kappa shape index (κ1) is 10.1. The van der Waals surface area contributed by atoms with E-state index in [1.807, 2.05) is 13.8 Å². The maximum atomic E-state index is 13.6. The Labute approximate surface area is 86.5 Å². The van der Waals surface area contributed by atoms with E-state index in [0.29, 0.717) is 11.0 Å². The van der Waals surface area contributed by atoms with Crippen LogP contribution in [0.2, 0.25) is 0 Å². The Morgan fingerprint density at radius 3 is 2.60 bits per heavy atom. The lowest BCUT2D eigenvalue weighted by molar-refractivity contribution is 0.512. The van der Waals surface area contributed by atoms with Gasteiger partial charge in [-0.2, -0.15) is 0 Å². The molecule has 80 valence electrons. The van der Waals surface area contributed by atoms with Gasteiger partial charge in [-0.3, -0.25) is 0 Å². The molecule has 0 aliphatic heterocycles. The molecule has 2 aromatic rings. The molecule has 2 rings (SSSR count). The standard InChI is InChI=1S/C11H12F2N2/c1-6(2)7-5-15(3)11-9(7)10(13)8(12)4-14-11/h4-6H,1-3H3. The minimum Gasteiger partial charge on any atom is -0.335 e. The highest BCUT2D eigenvalue weighted by atomic mass is 19.2. The number of pyridine rings is 1. The van der Waals surface area contributed by atoms with Crippen molar-refractivity contribution in [2.75, 3.05) is 0 Å². The molecule has 0 amide bonds. The van der Waals surface area contributed by atoms with Crippen molar-refractivity contribution in [3.8, 4) is 0 Å². The summed E-state index contributed by atoms with van der Waals surface area (Å²) in [5.74, 6) is -1.55. The van der Waals surface area contributed by atoms with Crippen molar-refractivity contribution in [1.82, 2.24) is 9.55 Å². The highest BCUT2D eigenvalue weighted by Crippen LogP contribution is 2.28. The lowest BCUT2D eigenvalue weighted by Crippen LogP contribution is -1.93. The van der Waals surface area contributed by atoms with E-state index < -0.39 is 11.6 Å². The first-order chi connectivity index (χ1) is 7.02. The summed E-state index contributed by atoms with van der Waals surface area (Å²) in [5, 5.41) is 0.299. The first-order valence-electron chi connectivity index (χ1n) is 4.81. The maximum Gasteiger partial charge on any atom is 0.177 e. The second-order valence-electron chi connectivity index (χ2n) is 3.97. The minimum absolute atomic E-state index is 0.145. The molecule has 0 aromatic carbocycles. The molecule has 0 atom stereocenters. The second-order valence-corrected chi connectivity index (χ2v) is 3.97. The van der Waals surface area contributed by atoms with Crippen LogP contribution in [0.1, 0.15) is 25.3 Å². The third-order valence-corrected chi connectivity index (χ3v) is 2.53. The molecule has 0 fully saturated rings. The molecular formula is C11H12F2N2. The molecule has 0 saturated heterocycles. The molecule has 0 N–H and O–H groups in total. The van der Waals surface area contributed by atoms with Gasteiger partial charge in [0.05, 0.1) is 11.6 Å². The number of halogens is 2. The van der Waals surface area contributed by atoms with Gasteiger partial charge in [0.25, 0.3) is 0 Å². The molecule has 0 saturated carbocycles. The largest absolute Gasteiger partial charge is 0.335 e. The Morgan fingerprint density at radius 1 is 1.33 bits per heavy atom. The molecule has 2 nitrogen and oxygen atoms in total. The molecule has 0 unspecified atom stereocenters. The quantitative estimate of drug-likeness (QED) is 0.707. The molecule has 0 spiro atoms. The summed E-state index contributed by atoms with van der Waals surface area (Å²) in [6.07, 6.45) is 2.71. The van der Waals surface area contributed by atoms with Crippen molar-refractivity contribution in [3.63, 3.8) is 0 Å². The molecule has 0 radical (unpaired) electrons. The summed E-state index contributed by atoms with van der Waals surface area (Å²) >= 11 is 0. The SMILES string of the molecule is CC(C)c1cn(C)c2ncc(F)c(F)c12. The van der Waals surface area contributed by atoms with E-state index in [9.17, 15) is 8.78 Å². The lowest BCUT2D eigenvalue weighted by Gasteiger charge is -2.02. The van der Waals surface area contributed by atoms with E-state index in [4.69, 9.17) is 0 Å². The minimum atomic E-state index is -0.893. The molecule has 2 heterocycles. The van der Waals surface area contributed by atoms with Crippen molar-refractivity contribution in [3.05, 3.63) is 29.6 Å². The van der Waals surface area contributed by atoms with Crippen LogP contribution in [0.15, 0.2) is 12.4 Å². The summed E-state index contributed by atoms with van der Waals surface area (Å²) in [5.41, 5.74) is 1.27. The number of aromatic nitrogens is 2. The average Bonchev–Trinajstić information content (AvgIpc) is 2.50. The molecule has 2 aromatic heterocycles. The van der Waals surface area contributed by atoms with E-state index in [1.165, 1.54) is 0 Å². The van der Waals surface area contributed by atoms with E-state index in [1.54, 1.807) is 17.8 Å². The molecule has 0 aliphatic carbocycles. The summed E-state index contributed by atoms with van der Waals surface area (Å²) < 4.78 is 28.4. The highest BCUT2D eigenvalue weighted by molar-refractivity contribution is 5.81. The third-order valence-electron chi connectivity index (χ3n) is 2.53. The maximum absolute atomic E-state index is 13.6. The Kier molecular flexibility index (Phi) is 2.21. The first-order valence-corrected chi connectivity index (χ1v) is 4.81. The summed E-state index contributed by atoms with van der Waals surface area (Å²) in [6, 6.07) is 0. The predicted molar refractivity (Wildman–Crippen MR) is 54.7 cm³/mol. The van der Waals surface area contributed by atoms with Gasteiger partial charge in [-0.15, -0.1) is 0 Å². The van der Waals surface area contributed by atoms with Gasteiger partial charge in [0.1, 0.15) is 5.65 Å². The van der Waals surface area contributed by atoms with E-state index >= 15 is 0 Å². The van der Waals surface area contributed by atoms with Crippen molar-refractivity contribution >= 4 is 11.0 Å². The number of hydrogen-bond donors (Lipinski definition) is 0. The second kappa shape index (κ2) is 3.29. The number of nitrogens with zero attached hydrogens (tertiary/aromatic N) is 2. The topological polar surface area (TPSA) is 17.8 Å². The van der Waals surface area contributed by atoms with Crippen LogP contribution in [0, 0.1) is 11.6 Å². The zero-order chi connectivity index (χ0) is 11.2. The van der Waals surface area contributed by atoms with E-state index in [2.05, 4.69) is 4.98 Å². The fourth-order valence-corrected chi connectivity index (χ4v) is 1.75. The summed E-state index contributed by atoms with van der Waals surface area (Å²) in [6.45, 7) is 3.89. The smallest absolute Gasteiger partial charge is 0.177 e. The number of rotatable bonds is 1. The van der Waals surface area contributed by atoms with Crippen LogP contribution < -0.4 is 0 Å². The number of aryl methyl sites for hydroxylation is 1. The molecular weight excluding hydrogens is 198 g/mol. The monoisotopic (exact) mass is 210 g/mol. The van der Waals surface area contributed by atoms with Crippen molar-refractivity contribution in [2.24, 2.45) is 7.05 Å². The van der Waals surface area contributed by atoms with E-state index in [-0.39, 0.29) is 5.92 Å². The Bertz CT molecular complexity index is 515. The number of fused-ring (bicyclic) bond motifs is 1. The zero-order valence-corrected chi connectivity index (χ0v) is 8.88. The predicted octanol–water partition coefficient (Wildman–Crippen LogP) is 2.97. The molecule has 0 bridgehead atoms. The molecule has 4 heteroatoms. The van der Waals surface area contributed by atoms with Gasteiger partial charge in [-0.05, 0) is 11.5 Å². The zero-order valence-electron chi connectivity index (χ0n) is 8.88. The van der Waals surface area contributed by atoms with Crippen LogP contribution in [0.4, 0.5) is 8.78 Å². The van der Waals surface area contributed by atoms with Gasteiger partial charge in [0.2, 0.25) is 0 Å². The fraction of sp³-hybridized carbons (Fsp3) is 0.364.